The average molecular weight is 228 g/mol. The predicted octanol–water partition coefficient (Wildman–Crippen LogP) is 1.42. The summed E-state index contributed by atoms with van der Waals surface area (Å²) in [5, 5.41) is 8.95. The van der Waals surface area contributed by atoms with E-state index < -0.39 is 12.3 Å². The first-order valence-corrected chi connectivity index (χ1v) is 4.85. The first-order chi connectivity index (χ1) is 7.69. The zero-order valence-corrected chi connectivity index (χ0v) is 8.85. The summed E-state index contributed by atoms with van der Waals surface area (Å²) in [5.41, 5.74) is 0.412. The molecule has 1 unspecified atom stereocenters. The molecule has 1 rings (SSSR count). The van der Waals surface area contributed by atoms with Gasteiger partial charge in [-0.2, -0.15) is 4.39 Å². The maximum absolute atomic E-state index is 13.2. The van der Waals surface area contributed by atoms with Crippen molar-refractivity contribution in [3.8, 4) is 5.75 Å². The maximum atomic E-state index is 13.2. The van der Waals surface area contributed by atoms with Crippen molar-refractivity contribution < 1.29 is 23.8 Å². The Kier molecular flexibility index (Phi) is 4.72. The summed E-state index contributed by atoms with van der Waals surface area (Å²) in [4.78, 5) is 11.0. The third-order valence-corrected chi connectivity index (χ3v) is 1.85. The molecular formula is C11H13FO4. The van der Waals surface area contributed by atoms with Crippen molar-refractivity contribution in [2.45, 2.75) is 19.9 Å². The van der Waals surface area contributed by atoms with Gasteiger partial charge in [0.1, 0.15) is 5.75 Å². The normalized spacial score (nSPS) is 11.9. The van der Waals surface area contributed by atoms with Crippen LogP contribution in [0.15, 0.2) is 24.3 Å². The Morgan fingerprint density at radius 3 is 2.81 bits per heavy atom. The van der Waals surface area contributed by atoms with Gasteiger partial charge in [-0.1, -0.05) is 18.2 Å². The standard InChI is InChI=1S/C11H13FO4/c1-2-15-11(14)10(12)16-9-6-4-3-5-8(9)7-13/h3-6,10,13H,2,7H2,1H3. The molecule has 0 saturated carbocycles. The van der Waals surface area contributed by atoms with Gasteiger partial charge in [-0.25, -0.2) is 4.79 Å². The van der Waals surface area contributed by atoms with Crippen molar-refractivity contribution in [2.24, 2.45) is 0 Å². The lowest BCUT2D eigenvalue weighted by molar-refractivity contribution is -0.159. The van der Waals surface area contributed by atoms with E-state index in [9.17, 15) is 9.18 Å². The lowest BCUT2D eigenvalue weighted by atomic mass is 10.2. The van der Waals surface area contributed by atoms with Gasteiger partial charge in [-0.3, -0.25) is 0 Å². The molecule has 0 aromatic heterocycles. The summed E-state index contributed by atoms with van der Waals surface area (Å²) < 4.78 is 22.4. The van der Waals surface area contributed by atoms with E-state index in [-0.39, 0.29) is 19.0 Å². The van der Waals surface area contributed by atoms with Gasteiger partial charge in [0.15, 0.2) is 0 Å². The van der Waals surface area contributed by atoms with E-state index in [1.807, 2.05) is 0 Å². The van der Waals surface area contributed by atoms with E-state index in [1.165, 1.54) is 6.07 Å². The molecule has 0 aliphatic heterocycles. The Labute approximate surface area is 92.6 Å². The van der Waals surface area contributed by atoms with Crippen LogP contribution in [0.3, 0.4) is 0 Å². The van der Waals surface area contributed by atoms with Crippen molar-refractivity contribution in [1.29, 1.82) is 0 Å². The van der Waals surface area contributed by atoms with Crippen molar-refractivity contribution in [2.75, 3.05) is 6.61 Å². The fourth-order valence-electron chi connectivity index (χ4n) is 1.12. The molecule has 0 amide bonds. The number of rotatable bonds is 5. The molecule has 0 aliphatic rings. The van der Waals surface area contributed by atoms with Gasteiger partial charge in [0, 0.05) is 5.56 Å². The third-order valence-electron chi connectivity index (χ3n) is 1.85. The number of aliphatic hydroxyl groups excluding tert-OH is 1. The van der Waals surface area contributed by atoms with Gasteiger partial charge in [0.2, 0.25) is 0 Å². The van der Waals surface area contributed by atoms with Crippen molar-refractivity contribution >= 4 is 5.97 Å². The molecule has 88 valence electrons. The number of esters is 1. The minimum atomic E-state index is -2.17. The van der Waals surface area contributed by atoms with E-state index in [0.29, 0.717) is 5.56 Å². The Bertz CT molecular complexity index is 354. The highest BCUT2D eigenvalue weighted by atomic mass is 19.1. The molecular weight excluding hydrogens is 215 g/mol. The molecule has 16 heavy (non-hydrogen) atoms. The zero-order valence-electron chi connectivity index (χ0n) is 8.85. The van der Waals surface area contributed by atoms with Crippen LogP contribution in [-0.4, -0.2) is 24.0 Å². The van der Waals surface area contributed by atoms with Gasteiger partial charge < -0.3 is 14.6 Å². The summed E-state index contributed by atoms with van der Waals surface area (Å²) in [6.45, 7) is 1.38. The zero-order chi connectivity index (χ0) is 12.0. The second kappa shape index (κ2) is 6.07. The van der Waals surface area contributed by atoms with Gasteiger partial charge in [0.05, 0.1) is 13.2 Å². The average Bonchev–Trinajstić information content (AvgIpc) is 2.30. The van der Waals surface area contributed by atoms with E-state index in [2.05, 4.69) is 4.74 Å². The van der Waals surface area contributed by atoms with Crippen LogP contribution in [0.25, 0.3) is 0 Å². The largest absolute Gasteiger partial charge is 0.461 e. The number of para-hydroxylation sites is 1. The highest BCUT2D eigenvalue weighted by Crippen LogP contribution is 2.19. The quantitative estimate of drug-likeness (QED) is 0.774. The Morgan fingerprint density at radius 1 is 1.50 bits per heavy atom. The molecule has 1 aromatic carbocycles. The van der Waals surface area contributed by atoms with E-state index >= 15 is 0 Å². The lowest BCUT2D eigenvalue weighted by Crippen LogP contribution is -2.25. The Morgan fingerprint density at radius 2 is 2.19 bits per heavy atom. The number of benzene rings is 1. The van der Waals surface area contributed by atoms with Gasteiger partial charge in [-0.15, -0.1) is 0 Å². The molecule has 1 N–H and O–H groups in total. The molecule has 0 saturated heterocycles. The molecule has 0 aliphatic carbocycles. The smallest absolute Gasteiger partial charge is 0.381 e. The molecule has 0 heterocycles. The Balaban J connectivity index is 2.68. The summed E-state index contributed by atoms with van der Waals surface area (Å²) in [7, 11) is 0. The maximum Gasteiger partial charge on any atom is 0.381 e. The first-order valence-electron chi connectivity index (χ1n) is 4.85. The van der Waals surface area contributed by atoms with E-state index in [0.717, 1.165) is 0 Å². The highest BCUT2D eigenvalue weighted by Gasteiger charge is 2.21. The number of aliphatic hydroxyl groups is 1. The fraction of sp³-hybridized carbons (Fsp3) is 0.364. The lowest BCUT2D eigenvalue weighted by Gasteiger charge is -2.12. The van der Waals surface area contributed by atoms with Gasteiger partial charge in [-0.05, 0) is 13.0 Å². The number of alkyl halides is 1. The second-order valence-corrected chi connectivity index (χ2v) is 2.95. The number of hydrogen-bond donors (Lipinski definition) is 1. The number of ether oxygens (including phenoxy) is 2. The summed E-state index contributed by atoms with van der Waals surface area (Å²) in [6.07, 6.45) is -2.17. The molecule has 0 spiro atoms. The van der Waals surface area contributed by atoms with Crippen LogP contribution in [0.1, 0.15) is 12.5 Å². The van der Waals surface area contributed by atoms with Crippen molar-refractivity contribution in [1.82, 2.24) is 0 Å². The minimum Gasteiger partial charge on any atom is -0.461 e. The van der Waals surface area contributed by atoms with Crippen LogP contribution < -0.4 is 4.74 Å². The summed E-state index contributed by atoms with van der Waals surface area (Å²) >= 11 is 0. The minimum absolute atomic E-state index is 0.0876. The molecule has 5 heteroatoms. The molecule has 0 bridgehead atoms. The van der Waals surface area contributed by atoms with Crippen LogP contribution in [0, 0.1) is 0 Å². The van der Waals surface area contributed by atoms with Crippen LogP contribution in [0.2, 0.25) is 0 Å². The number of halogens is 1. The monoisotopic (exact) mass is 228 g/mol. The second-order valence-electron chi connectivity index (χ2n) is 2.95. The van der Waals surface area contributed by atoms with E-state index in [4.69, 9.17) is 9.84 Å². The molecule has 1 atom stereocenters. The first kappa shape index (κ1) is 12.4. The molecule has 0 fully saturated rings. The molecule has 0 radical (unpaired) electrons. The number of carbonyl (C=O) groups excluding carboxylic acids is 1. The van der Waals surface area contributed by atoms with Crippen molar-refractivity contribution in [3.05, 3.63) is 29.8 Å². The third kappa shape index (κ3) is 3.20. The van der Waals surface area contributed by atoms with Gasteiger partial charge in [0.25, 0.3) is 0 Å². The van der Waals surface area contributed by atoms with Crippen LogP contribution in [0.4, 0.5) is 4.39 Å². The number of carbonyl (C=O) groups is 1. The predicted molar refractivity (Wildman–Crippen MR) is 54.5 cm³/mol. The summed E-state index contributed by atoms with van der Waals surface area (Å²) in [6, 6.07) is 6.34. The molecule has 4 nitrogen and oxygen atoms in total. The SMILES string of the molecule is CCOC(=O)C(F)Oc1ccccc1CO. The topological polar surface area (TPSA) is 55.8 Å². The van der Waals surface area contributed by atoms with E-state index in [1.54, 1.807) is 25.1 Å². The Hall–Kier alpha value is -1.62. The van der Waals surface area contributed by atoms with Gasteiger partial charge >= 0.3 is 12.3 Å². The number of hydrogen-bond acceptors (Lipinski definition) is 4. The van der Waals surface area contributed by atoms with Crippen LogP contribution in [0.5, 0.6) is 5.75 Å². The van der Waals surface area contributed by atoms with Crippen LogP contribution in [-0.2, 0) is 16.1 Å². The summed E-state index contributed by atoms with van der Waals surface area (Å²) in [5.74, 6) is -0.944. The molecule has 1 aromatic rings. The van der Waals surface area contributed by atoms with Crippen LogP contribution >= 0.6 is 0 Å². The van der Waals surface area contributed by atoms with Crippen molar-refractivity contribution in [3.63, 3.8) is 0 Å². The fourth-order valence-corrected chi connectivity index (χ4v) is 1.12. The highest BCUT2D eigenvalue weighted by molar-refractivity contribution is 5.73.